The molecule has 2 rings (SSSR count). The molecular formula is C13H27ClN2O3S. The topological polar surface area (TPSA) is 58.6 Å². The van der Waals surface area contributed by atoms with E-state index in [-0.39, 0.29) is 36.9 Å². The van der Waals surface area contributed by atoms with Gasteiger partial charge in [-0.1, -0.05) is 0 Å². The van der Waals surface area contributed by atoms with Gasteiger partial charge in [0, 0.05) is 25.2 Å². The number of rotatable bonds is 6. The van der Waals surface area contributed by atoms with Crippen molar-refractivity contribution in [3.63, 3.8) is 0 Å². The normalized spacial score (nSPS) is 29.8. The van der Waals surface area contributed by atoms with Crippen molar-refractivity contribution in [1.29, 1.82) is 0 Å². The lowest BCUT2D eigenvalue weighted by atomic mass is 10.0. The number of nitrogens with zero attached hydrogens (tertiary/aromatic N) is 1. The molecule has 2 aliphatic rings. The molecule has 7 heteroatoms. The quantitative estimate of drug-likeness (QED) is 0.801. The van der Waals surface area contributed by atoms with Gasteiger partial charge in [0.2, 0.25) is 10.0 Å². The van der Waals surface area contributed by atoms with Crippen LogP contribution in [0.25, 0.3) is 0 Å². The van der Waals surface area contributed by atoms with Gasteiger partial charge >= 0.3 is 0 Å². The average Bonchev–Trinajstić information content (AvgIpc) is 2.66. The van der Waals surface area contributed by atoms with Crippen LogP contribution in [0.4, 0.5) is 0 Å². The molecule has 2 heterocycles. The highest BCUT2D eigenvalue weighted by molar-refractivity contribution is 7.89. The molecule has 0 amide bonds. The Bertz CT molecular complexity index is 390. The molecule has 0 saturated carbocycles. The molecule has 2 bridgehead atoms. The molecule has 2 aliphatic heterocycles. The number of nitrogens with one attached hydrogen (secondary N) is 1. The highest BCUT2D eigenvalue weighted by atomic mass is 35.5. The van der Waals surface area contributed by atoms with Gasteiger partial charge in [-0.2, -0.15) is 0 Å². The first-order valence-electron chi connectivity index (χ1n) is 7.22. The van der Waals surface area contributed by atoms with Gasteiger partial charge in [-0.15, -0.1) is 12.4 Å². The number of sulfonamides is 1. The van der Waals surface area contributed by atoms with E-state index >= 15 is 0 Å². The largest absolute Gasteiger partial charge is 0.378 e. The van der Waals surface area contributed by atoms with Crippen LogP contribution in [0.3, 0.4) is 0 Å². The van der Waals surface area contributed by atoms with Gasteiger partial charge in [-0.05, 0) is 39.5 Å². The van der Waals surface area contributed by atoms with E-state index in [1.165, 1.54) is 12.8 Å². The van der Waals surface area contributed by atoms with Gasteiger partial charge in [0.25, 0.3) is 0 Å². The summed E-state index contributed by atoms with van der Waals surface area (Å²) in [5.41, 5.74) is 0. The van der Waals surface area contributed by atoms with Crippen molar-refractivity contribution < 1.29 is 13.2 Å². The molecule has 0 aliphatic carbocycles. The second kappa shape index (κ2) is 7.40. The first-order valence-corrected chi connectivity index (χ1v) is 8.83. The van der Waals surface area contributed by atoms with Gasteiger partial charge < -0.3 is 10.1 Å². The lowest BCUT2D eigenvalue weighted by molar-refractivity contribution is 0.0904. The molecule has 2 unspecified atom stereocenters. The molecule has 0 radical (unpaired) electrons. The summed E-state index contributed by atoms with van der Waals surface area (Å²) < 4.78 is 31.5. The Labute approximate surface area is 128 Å². The first-order chi connectivity index (χ1) is 8.88. The summed E-state index contributed by atoms with van der Waals surface area (Å²) in [6, 6.07) is 1.17. The van der Waals surface area contributed by atoms with Crippen LogP contribution in [0.1, 0.15) is 39.5 Å². The molecule has 20 heavy (non-hydrogen) atoms. The van der Waals surface area contributed by atoms with Crippen LogP contribution in [-0.4, -0.2) is 56.4 Å². The third-order valence-electron chi connectivity index (χ3n) is 4.19. The van der Waals surface area contributed by atoms with E-state index in [9.17, 15) is 8.42 Å². The minimum atomic E-state index is -3.19. The Kier molecular flexibility index (Phi) is 6.73. The van der Waals surface area contributed by atoms with Gasteiger partial charge in [0.05, 0.1) is 18.5 Å². The highest BCUT2D eigenvalue weighted by Crippen LogP contribution is 2.30. The SMILES string of the molecule is CC(C)OCCS(=O)(=O)N(C)C1CC2CCC(C1)N2.Cl. The Hall–Kier alpha value is 0.120. The zero-order valence-electron chi connectivity index (χ0n) is 12.5. The molecule has 0 aromatic carbocycles. The van der Waals surface area contributed by atoms with Gasteiger partial charge in [0.1, 0.15) is 0 Å². The van der Waals surface area contributed by atoms with Crippen molar-refractivity contribution in [2.75, 3.05) is 19.4 Å². The number of halogens is 1. The second-order valence-electron chi connectivity index (χ2n) is 6.01. The van der Waals surface area contributed by atoms with Crippen LogP contribution in [-0.2, 0) is 14.8 Å². The third-order valence-corrected chi connectivity index (χ3v) is 6.05. The number of hydrogen-bond acceptors (Lipinski definition) is 4. The fourth-order valence-electron chi connectivity index (χ4n) is 3.08. The molecule has 1 N–H and O–H groups in total. The van der Waals surface area contributed by atoms with E-state index in [4.69, 9.17) is 4.74 Å². The molecule has 2 fully saturated rings. The van der Waals surface area contributed by atoms with E-state index < -0.39 is 10.0 Å². The molecule has 0 spiro atoms. The van der Waals surface area contributed by atoms with Crippen LogP contribution >= 0.6 is 12.4 Å². The molecule has 2 atom stereocenters. The zero-order chi connectivity index (χ0) is 14.0. The Morgan fingerprint density at radius 3 is 2.30 bits per heavy atom. The molecule has 0 aromatic heterocycles. The number of ether oxygens (including phenoxy) is 1. The van der Waals surface area contributed by atoms with Crippen molar-refractivity contribution in [1.82, 2.24) is 9.62 Å². The first kappa shape index (κ1) is 18.2. The fourth-order valence-corrected chi connectivity index (χ4v) is 4.31. The van der Waals surface area contributed by atoms with E-state index in [1.54, 1.807) is 11.4 Å². The van der Waals surface area contributed by atoms with E-state index in [0.29, 0.717) is 12.1 Å². The van der Waals surface area contributed by atoms with Crippen molar-refractivity contribution >= 4 is 22.4 Å². The third kappa shape index (κ3) is 4.56. The predicted octanol–water partition coefficient (Wildman–Crippen LogP) is 1.38. The van der Waals surface area contributed by atoms with Crippen molar-refractivity contribution in [2.24, 2.45) is 0 Å². The van der Waals surface area contributed by atoms with Crippen LogP contribution in [0.2, 0.25) is 0 Å². The average molecular weight is 327 g/mol. The van der Waals surface area contributed by atoms with Gasteiger partial charge in [-0.25, -0.2) is 12.7 Å². The minimum absolute atomic E-state index is 0. The predicted molar refractivity (Wildman–Crippen MR) is 82.9 cm³/mol. The number of hydrogen-bond donors (Lipinski definition) is 1. The molecule has 0 aromatic rings. The summed E-state index contributed by atoms with van der Waals surface area (Å²) in [5.74, 6) is 0.0843. The van der Waals surface area contributed by atoms with Crippen molar-refractivity contribution in [2.45, 2.75) is 63.8 Å². The Morgan fingerprint density at radius 2 is 1.80 bits per heavy atom. The Morgan fingerprint density at radius 1 is 1.25 bits per heavy atom. The maximum atomic E-state index is 12.3. The minimum Gasteiger partial charge on any atom is -0.378 e. The van der Waals surface area contributed by atoms with Crippen molar-refractivity contribution in [3.05, 3.63) is 0 Å². The summed E-state index contributed by atoms with van der Waals surface area (Å²) in [6.07, 6.45) is 4.33. The zero-order valence-corrected chi connectivity index (χ0v) is 14.2. The monoisotopic (exact) mass is 326 g/mol. The maximum absolute atomic E-state index is 12.3. The molecule has 120 valence electrons. The standard InChI is InChI=1S/C13H26N2O3S.ClH/c1-10(2)18-6-7-19(16,17)15(3)13-8-11-4-5-12(9-13)14-11;/h10-14H,4-9H2,1-3H3;1H. The van der Waals surface area contributed by atoms with Gasteiger partial charge in [-0.3, -0.25) is 0 Å². The van der Waals surface area contributed by atoms with E-state index in [2.05, 4.69) is 5.32 Å². The van der Waals surface area contributed by atoms with Crippen LogP contribution < -0.4 is 5.32 Å². The Balaban J connectivity index is 0.00000200. The summed E-state index contributed by atoms with van der Waals surface area (Å²) >= 11 is 0. The molecular weight excluding hydrogens is 300 g/mol. The number of fused-ring (bicyclic) bond motifs is 2. The van der Waals surface area contributed by atoms with E-state index in [1.807, 2.05) is 13.8 Å². The summed E-state index contributed by atoms with van der Waals surface area (Å²) in [6.45, 7) is 4.11. The van der Waals surface area contributed by atoms with Crippen LogP contribution in [0, 0.1) is 0 Å². The molecule has 5 nitrogen and oxygen atoms in total. The lowest BCUT2D eigenvalue weighted by Gasteiger charge is -2.34. The van der Waals surface area contributed by atoms with Crippen LogP contribution in [0.15, 0.2) is 0 Å². The van der Waals surface area contributed by atoms with E-state index in [0.717, 1.165) is 12.8 Å². The highest BCUT2D eigenvalue weighted by Gasteiger charge is 2.38. The van der Waals surface area contributed by atoms with Gasteiger partial charge in [0.15, 0.2) is 0 Å². The maximum Gasteiger partial charge on any atom is 0.216 e. The summed E-state index contributed by atoms with van der Waals surface area (Å²) in [5, 5.41) is 3.54. The summed E-state index contributed by atoms with van der Waals surface area (Å²) in [4.78, 5) is 0. The smallest absolute Gasteiger partial charge is 0.216 e. The van der Waals surface area contributed by atoms with Crippen molar-refractivity contribution in [3.8, 4) is 0 Å². The number of piperidine rings is 1. The second-order valence-corrected chi connectivity index (χ2v) is 8.16. The van der Waals surface area contributed by atoms with Crippen LogP contribution in [0.5, 0.6) is 0 Å². The molecule has 2 saturated heterocycles. The fraction of sp³-hybridized carbons (Fsp3) is 1.00. The summed E-state index contributed by atoms with van der Waals surface area (Å²) in [7, 11) is -1.47. The lowest BCUT2D eigenvalue weighted by Crippen LogP contribution is -2.49.